The molecule has 38 heavy (non-hydrogen) atoms. The Morgan fingerprint density at radius 2 is 2.00 bits per heavy atom. The van der Waals surface area contributed by atoms with Gasteiger partial charge >= 0.3 is 6.03 Å². The van der Waals surface area contributed by atoms with E-state index in [0.29, 0.717) is 60.8 Å². The summed E-state index contributed by atoms with van der Waals surface area (Å²) in [5.41, 5.74) is 1.33. The molecule has 5 rings (SSSR count). The third-order valence-electron chi connectivity index (χ3n) is 7.04. The molecule has 2 aliphatic heterocycles. The molecular formula is C27H32ClN7O3. The molecule has 1 saturated heterocycles. The summed E-state index contributed by atoms with van der Waals surface area (Å²) in [6.45, 7) is 6.44. The van der Waals surface area contributed by atoms with Crippen LogP contribution in [0.1, 0.15) is 19.7 Å². The number of rotatable bonds is 3. The average Bonchev–Trinajstić information content (AvgIpc) is 2.92. The fraction of sp³-hybridized carbons (Fsp3) is 0.407. The Morgan fingerprint density at radius 1 is 1.18 bits per heavy atom. The van der Waals surface area contributed by atoms with Crippen LogP contribution in [0.4, 0.5) is 16.3 Å². The van der Waals surface area contributed by atoms with Crippen molar-refractivity contribution in [1.29, 1.82) is 0 Å². The van der Waals surface area contributed by atoms with Gasteiger partial charge in [0, 0.05) is 42.6 Å². The van der Waals surface area contributed by atoms with Crippen molar-refractivity contribution in [2.75, 3.05) is 43.9 Å². The van der Waals surface area contributed by atoms with Crippen molar-refractivity contribution < 1.29 is 14.3 Å². The van der Waals surface area contributed by atoms with Gasteiger partial charge in [0.05, 0.1) is 24.9 Å². The number of nitrogens with one attached hydrogen (secondary N) is 3. The van der Waals surface area contributed by atoms with E-state index in [9.17, 15) is 9.59 Å². The number of benzene rings is 2. The van der Waals surface area contributed by atoms with E-state index in [1.807, 2.05) is 38.1 Å². The quantitative estimate of drug-likeness (QED) is 0.468. The highest BCUT2D eigenvalue weighted by atomic mass is 35.5. The van der Waals surface area contributed by atoms with Gasteiger partial charge in [-0.3, -0.25) is 9.69 Å². The first-order valence-corrected chi connectivity index (χ1v) is 13.1. The Labute approximate surface area is 226 Å². The van der Waals surface area contributed by atoms with Crippen molar-refractivity contribution in [3.63, 3.8) is 0 Å². The highest BCUT2D eigenvalue weighted by Gasteiger charge is 2.33. The number of aromatic nitrogens is 2. The fourth-order valence-electron chi connectivity index (χ4n) is 4.95. The van der Waals surface area contributed by atoms with E-state index < -0.39 is 6.04 Å². The molecule has 0 saturated carbocycles. The monoisotopic (exact) mass is 537 g/mol. The lowest BCUT2D eigenvalue weighted by Gasteiger charge is -2.41. The third kappa shape index (κ3) is 5.46. The van der Waals surface area contributed by atoms with Gasteiger partial charge in [-0.1, -0.05) is 37.6 Å². The van der Waals surface area contributed by atoms with Gasteiger partial charge in [-0.2, -0.15) is 0 Å². The zero-order valence-electron chi connectivity index (χ0n) is 21.7. The maximum atomic E-state index is 13.3. The normalized spacial score (nSPS) is 20.2. The smallest absolute Gasteiger partial charge is 0.322 e. The van der Waals surface area contributed by atoms with Crippen LogP contribution in [-0.4, -0.2) is 77.1 Å². The third-order valence-corrected chi connectivity index (χ3v) is 7.28. The summed E-state index contributed by atoms with van der Waals surface area (Å²) in [5, 5.41) is 10.8. The Bertz CT molecular complexity index is 1350. The van der Waals surface area contributed by atoms with Gasteiger partial charge in [0.2, 0.25) is 5.91 Å². The van der Waals surface area contributed by atoms with Gasteiger partial charge in [-0.05, 0) is 36.2 Å². The SMILES string of the molecule is COc1ccc(Cl)cc1NC(=O)N1CCN2Cc3nc(c4ccccc4n3)N[C@@H](C(C)C)C(=O)NCC2C1. The number of nitrogens with zero attached hydrogens (tertiary/aromatic N) is 4. The van der Waals surface area contributed by atoms with Crippen molar-refractivity contribution in [3.8, 4) is 5.75 Å². The second-order valence-electron chi connectivity index (χ2n) is 9.96. The number of urea groups is 1. The molecule has 1 aromatic heterocycles. The summed E-state index contributed by atoms with van der Waals surface area (Å²) in [4.78, 5) is 40.1. The van der Waals surface area contributed by atoms with Gasteiger partial charge in [-0.15, -0.1) is 0 Å². The molecular weight excluding hydrogens is 506 g/mol. The summed E-state index contributed by atoms with van der Waals surface area (Å²) in [7, 11) is 1.54. The molecule has 2 bridgehead atoms. The largest absolute Gasteiger partial charge is 0.495 e. The molecule has 0 radical (unpaired) electrons. The Morgan fingerprint density at radius 3 is 2.79 bits per heavy atom. The lowest BCUT2D eigenvalue weighted by molar-refractivity contribution is -0.123. The molecule has 3 heterocycles. The van der Waals surface area contributed by atoms with Gasteiger partial charge in [0.25, 0.3) is 0 Å². The van der Waals surface area contributed by atoms with Crippen LogP contribution in [0.2, 0.25) is 5.02 Å². The van der Waals surface area contributed by atoms with Crippen LogP contribution in [0.15, 0.2) is 42.5 Å². The number of hydrogen-bond donors (Lipinski definition) is 3. The maximum Gasteiger partial charge on any atom is 0.322 e. The molecule has 1 fully saturated rings. The Balaban J connectivity index is 1.41. The predicted molar refractivity (Wildman–Crippen MR) is 148 cm³/mol. The Kier molecular flexibility index (Phi) is 7.53. The van der Waals surface area contributed by atoms with Crippen LogP contribution < -0.4 is 20.7 Å². The molecule has 2 atom stereocenters. The number of methoxy groups -OCH3 is 1. The zero-order chi connectivity index (χ0) is 26.8. The highest BCUT2D eigenvalue weighted by molar-refractivity contribution is 6.31. The van der Waals surface area contributed by atoms with Crippen LogP contribution in [0.5, 0.6) is 5.75 Å². The van der Waals surface area contributed by atoms with Crippen LogP contribution in [0.3, 0.4) is 0 Å². The number of halogens is 1. The number of piperazine rings is 1. The first-order chi connectivity index (χ1) is 18.3. The predicted octanol–water partition coefficient (Wildman–Crippen LogP) is 3.58. The van der Waals surface area contributed by atoms with E-state index in [0.717, 1.165) is 10.9 Å². The minimum atomic E-state index is -0.467. The van der Waals surface area contributed by atoms with Crippen molar-refractivity contribution in [2.24, 2.45) is 5.92 Å². The summed E-state index contributed by atoms with van der Waals surface area (Å²) in [5.74, 6) is 1.79. The number of hydrogen-bond acceptors (Lipinski definition) is 7. The molecule has 1 unspecified atom stereocenters. The molecule has 200 valence electrons. The summed E-state index contributed by atoms with van der Waals surface area (Å²) < 4.78 is 5.37. The fourth-order valence-corrected chi connectivity index (χ4v) is 5.12. The molecule has 3 N–H and O–H groups in total. The van der Waals surface area contributed by atoms with E-state index in [4.69, 9.17) is 26.3 Å². The first-order valence-electron chi connectivity index (χ1n) is 12.8. The average molecular weight is 538 g/mol. The zero-order valence-corrected chi connectivity index (χ0v) is 22.5. The minimum Gasteiger partial charge on any atom is -0.495 e. The number of fused-ring (bicyclic) bond motifs is 5. The summed E-state index contributed by atoms with van der Waals surface area (Å²) >= 11 is 6.14. The lowest BCUT2D eigenvalue weighted by Crippen LogP contribution is -2.59. The van der Waals surface area contributed by atoms with Crippen molar-refractivity contribution in [1.82, 2.24) is 25.1 Å². The maximum absolute atomic E-state index is 13.3. The highest BCUT2D eigenvalue weighted by Crippen LogP contribution is 2.29. The molecule has 3 amide bonds. The van der Waals surface area contributed by atoms with Gasteiger partial charge in [0.15, 0.2) is 0 Å². The molecule has 0 spiro atoms. The first kappa shape index (κ1) is 26.0. The minimum absolute atomic E-state index is 0.0327. The standard InChI is InChI=1S/C27H32ClN7O3/c1-16(2)24-26(36)29-13-18-14-35(27(37)31-21-12-17(28)8-9-22(21)38-3)11-10-34(18)15-23-30-20-7-5-4-6-19(20)25(32-23)33-24/h4-9,12,16,18,24H,10-11,13-15H2,1-3H3,(H,29,36)(H,31,37)(H,30,32,33)/t18?,24-/m0/s1. The topological polar surface area (TPSA) is 112 Å². The summed E-state index contributed by atoms with van der Waals surface area (Å²) in [6, 6.07) is 12.1. The van der Waals surface area contributed by atoms with Crippen LogP contribution >= 0.6 is 11.6 Å². The molecule has 10 nitrogen and oxygen atoms in total. The molecule has 11 heteroatoms. The van der Waals surface area contributed by atoms with E-state index in [2.05, 4.69) is 20.9 Å². The molecule has 3 aromatic rings. The van der Waals surface area contributed by atoms with Crippen molar-refractivity contribution >= 4 is 45.9 Å². The lowest BCUT2D eigenvalue weighted by atomic mass is 10.0. The molecule has 2 aliphatic rings. The van der Waals surface area contributed by atoms with Crippen LogP contribution in [-0.2, 0) is 11.3 Å². The Hall–Kier alpha value is -3.63. The number of carbonyl (C=O) groups is 2. The van der Waals surface area contributed by atoms with Gasteiger partial charge in [0.1, 0.15) is 23.4 Å². The number of carbonyl (C=O) groups excluding carboxylic acids is 2. The van der Waals surface area contributed by atoms with Crippen molar-refractivity contribution in [2.45, 2.75) is 32.5 Å². The van der Waals surface area contributed by atoms with Gasteiger partial charge < -0.3 is 25.6 Å². The molecule has 0 aliphatic carbocycles. The van der Waals surface area contributed by atoms with E-state index in [1.54, 1.807) is 30.2 Å². The second-order valence-corrected chi connectivity index (χ2v) is 10.4. The summed E-state index contributed by atoms with van der Waals surface area (Å²) in [6.07, 6.45) is 0. The van der Waals surface area contributed by atoms with Crippen LogP contribution in [0, 0.1) is 5.92 Å². The van der Waals surface area contributed by atoms with E-state index in [1.165, 1.54) is 0 Å². The van der Waals surface area contributed by atoms with Crippen molar-refractivity contribution in [3.05, 3.63) is 53.3 Å². The number of anilines is 2. The second kappa shape index (κ2) is 11.0. The van der Waals surface area contributed by atoms with Crippen LogP contribution in [0.25, 0.3) is 10.9 Å². The molecule has 2 aromatic carbocycles. The van der Waals surface area contributed by atoms with E-state index in [-0.39, 0.29) is 23.9 Å². The van der Waals surface area contributed by atoms with E-state index >= 15 is 0 Å². The van der Waals surface area contributed by atoms with Gasteiger partial charge in [-0.25, -0.2) is 14.8 Å². The number of amides is 3. The number of ether oxygens (including phenoxy) is 1. The number of para-hydroxylation sites is 1.